The van der Waals surface area contributed by atoms with E-state index in [1.165, 1.54) is 33.5 Å². The Kier molecular flexibility index (Phi) is 7.21. The molecule has 1 unspecified atom stereocenters. The molecule has 3 fully saturated rings. The third-order valence-corrected chi connectivity index (χ3v) is 9.73. The number of β-amino-alcohol motifs (C(OH)–C–C–N with tert-alkyl or cyclic N) is 1. The summed E-state index contributed by atoms with van der Waals surface area (Å²) in [6.07, 6.45) is 2.33. The Labute approximate surface area is 220 Å². The number of halogens is 3. The van der Waals surface area contributed by atoms with Crippen LogP contribution in [0.2, 0.25) is 5.02 Å². The highest BCUT2D eigenvalue weighted by molar-refractivity contribution is 7.89. The van der Waals surface area contributed by atoms with Crippen molar-refractivity contribution in [3.63, 3.8) is 0 Å². The first kappa shape index (κ1) is 26.3. The monoisotopic (exact) mass is 554 g/mol. The number of piperidine rings is 2. The summed E-state index contributed by atoms with van der Waals surface area (Å²) < 4.78 is 64.5. The first-order valence-electron chi connectivity index (χ1n) is 12.5. The molecule has 2 aliphatic heterocycles. The molecule has 0 aromatic heterocycles. The summed E-state index contributed by atoms with van der Waals surface area (Å²) in [6.45, 7) is 0.601. The Morgan fingerprint density at radius 2 is 1.86 bits per heavy atom. The maximum Gasteiger partial charge on any atom is 0.410 e. The zero-order valence-corrected chi connectivity index (χ0v) is 21.7. The molecule has 1 N–H and O–H groups in total. The van der Waals surface area contributed by atoms with Gasteiger partial charge in [0.2, 0.25) is 10.0 Å². The fraction of sp³-hybridized carbons (Fsp3) is 0.500. The van der Waals surface area contributed by atoms with Crippen molar-refractivity contribution in [3.8, 4) is 0 Å². The number of aliphatic hydroxyl groups excluding tert-OH is 1. The number of sulfonamides is 1. The van der Waals surface area contributed by atoms with E-state index in [1.54, 1.807) is 6.07 Å². The van der Waals surface area contributed by atoms with Crippen LogP contribution in [0.1, 0.15) is 56.6 Å². The summed E-state index contributed by atoms with van der Waals surface area (Å²) in [5, 5.41) is 10.0. The smallest absolute Gasteiger partial charge is 0.410 e. The largest absolute Gasteiger partial charge is 0.441 e. The van der Waals surface area contributed by atoms with Crippen LogP contribution >= 0.6 is 11.6 Å². The number of ether oxygens (including phenoxy) is 1. The molecule has 0 radical (unpaired) electrons. The molecule has 3 aliphatic rings. The summed E-state index contributed by atoms with van der Waals surface area (Å²) in [4.78, 5) is 14.0. The van der Waals surface area contributed by atoms with Crippen LogP contribution < -0.4 is 0 Å². The molecule has 0 spiro atoms. The molecule has 3 atom stereocenters. The fourth-order valence-electron chi connectivity index (χ4n) is 5.62. The first-order valence-corrected chi connectivity index (χ1v) is 14.3. The normalized spacial score (nSPS) is 26.1. The van der Waals surface area contributed by atoms with Gasteiger partial charge in [-0.1, -0.05) is 23.7 Å². The quantitative estimate of drug-likeness (QED) is 0.560. The summed E-state index contributed by atoms with van der Waals surface area (Å²) in [5.41, 5.74) is -0.634. The molecular formula is C26H29ClF2N2O5S. The van der Waals surface area contributed by atoms with Crippen molar-refractivity contribution in [2.24, 2.45) is 0 Å². The van der Waals surface area contributed by atoms with Crippen LogP contribution in [0.5, 0.6) is 0 Å². The van der Waals surface area contributed by atoms with Crippen molar-refractivity contribution in [1.29, 1.82) is 0 Å². The van der Waals surface area contributed by atoms with E-state index >= 15 is 0 Å². The molecule has 5 rings (SSSR count). The lowest BCUT2D eigenvalue weighted by Gasteiger charge is -2.45. The highest BCUT2D eigenvalue weighted by Crippen LogP contribution is 2.53. The van der Waals surface area contributed by atoms with E-state index in [9.17, 15) is 27.1 Å². The lowest BCUT2D eigenvalue weighted by molar-refractivity contribution is -0.0194. The van der Waals surface area contributed by atoms with Crippen molar-refractivity contribution >= 4 is 27.7 Å². The van der Waals surface area contributed by atoms with Gasteiger partial charge in [-0.15, -0.1) is 0 Å². The van der Waals surface area contributed by atoms with Gasteiger partial charge in [0, 0.05) is 18.1 Å². The lowest BCUT2D eigenvalue weighted by Crippen LogP contribution is -2.55. The molecule has 7 nitrogen and oxygen atoms in total. The Morgan fingerprint density at radius 1 is 1.08 bits per heavy atom. The van der Waals surface area contributed by atoms with Gasteiger partial charge in [-0.3, -0.25) is 0 Å². The van der Waals surface area contributed by atoms with E-state index in [-0.39, 0.29) is 11.6 Å². The van der Waals surface area contributed by atoms with Gasteiger partial charge >= 0.3 is 6.09 Å². The van der Waals surface area contributed by atoms with Gasteiger partial charge in [0.25, 0.3) is 0 Å². The molecule has 0 bridgehead atoms. The second-order valence-corrected chi connectivity index (χ2v) is 12.4. The van der Waals surface area contributed by atoms with Crippen LogP contribution in [-0.2, 0) is 14.8 Å². The zero-order chi connectivity index (χ0) is 26.4. The van der Waals surface area contributed by atoms with Gasteiger partial charge in [-0.25, -0.2) is 22.0 Å². The third kappa shape index (κ3) is 5.21. The molecule has 2 aromatic rings. The van der Waals surface area contributed by atoms with Gasteiger partial charge < -0.3 is 14.7 Å². The number of carbonyl (C=O) groups is 1. The number of likely N-dealkylation sites (tertiary alicyclic amines) is 1. The molecule has 2 saturated heterocycles. The lowest BCUT2D eigenvalue weighted by atomic mass is 9.90. The molecule has 2 aromatic carbocycles. The zero-order valence-electron chi connectivity index (χ0n) is 20.2. The molecular weight excluding hydrogens is 526 g/mol. The number of aliphatic hydroxyl groups is 1. The average Bonchev–Trinajstić information content (AvgIpc) is 3.64. The van der Waals surface area contributed by atoms with E-state index in [1.807, 2.05) is 0 Å². The SMILES string of the molecule is O=C(OC1([C@H]2CCC[C@@H](c3cccc(F)c3)N2S(=O)(=O)c2ccc(Cl)cc2F)CC1)N1CCCC(O)C1. The highest BCUT2D eigenvalue weighted by atomic mass is 35.5. The molecule has 1 aliphatic carbocycles. The second-order valence-electron chi connectivity index (χ2n) is 10.1. The number of amides is 1. The van der Waals surface area contributed by atoms with Crippen LogP contribution in [0, 0.1) is 11.6 Å². The molecule has 37 heavy (non-hydrogen) atoms. The molecule has 2 heterocycles. The van der Waals surface area contributed by atoms with Crippen LogP contribution in [0.3, 0.4) is 0 Å². The first-order chi connectivity index (χ1) is 17.6. The minimum atomic E-state index is -4.45. The Balaban J connectivity index is 1.53. The standard InChI is InChI=1S/C26H29ClF2N2O5S/c27-18-9-10-23(21(29)15-18)37(34,35)31-22(17-4-1-5-19(28)14-17)7-2-8-24(31)26(11-12-26)36-25(33)30-13-3-6-20(32)16-30/h1,4-5,9-10,14-15,20,22,24,32H,2-3,6-8,11-13,16H2/t20?,22-,24+/m0/s1. The molecule has 200 valence electrons. The van der Waals surface area contributed by atoms with Crippen molar-refractivity contribution in [3.05, 3.63) is 64.7 Å². The summed E-state index contributed by atoms with van der Waals surface area (Å²) >= 11 is 5.88. The Hall–Kier alpha value is -2.27. The number of hydrogen-bond donors (Lipinski definition) is 1. The van der Waals surface area contributed by atoms with E-state index < -0.39 is 56.4 Å². The summed E-state index contributed by atoms with van der Waals surface area (Å²) in [5.74, 6) is -1.50. The fourth-order valence-corrected chi connectivity index (χ4v) is 7.74. The predicted molar refractivity (Wildman–Crippen MR) is 132 cm³/mol. The van der Waals surface area contributed by atoms with Crippen molar-refractivity contribution < 1.29 is 31.8 Å². The van der Waals surface area contributed by atoms with Gasteiger partial charge in [-0.05, 0) is 80.8 Å². The second kappa shape index (κ2) is 10.1. The van der Waals surface area contributed by atoms with Gasteiger partial charge in [-0.2, -0.15) is 4.31 Å². The van der Waals surface area contributed by atoms with E-state index in [2.05, 4.69) is 0 Å². The number of rotatable bonds is 5. The highest BCUT2D eigenvalue weighted by Gasteiger charge is 2.60. The van der Waals surface area contributed by atoms with E-state index in [4.69, 9.17) is 16.3 Å². The summed E-state index contributed by atoms with van der Waals surface area (Å²) in [7, 11) is -4.45. The Bertz CT molecular complexity index is 1290. The number of benzene rings is 2. The predicted octanol–water partition coefficient (Wildman–Crippen LogP) is 5.03. The number of carbonyl (C=O) groups excluding carboxylic acids is 1. The van der Waals surface area contributed by atoms with Gasteiger partial charge in [0.05, 0.1) is 18.2 Å². The average molecular weight is 555 g/mol. The molecule has 11 heteroatoms. The topological polar surface area (TPSA) is 87.2 Å². The van der Waals surface area contributed by atoms with E-state index in [0.717, 1.165) is 12.1 Å². The molecule has 1 amide bonds. The van der Waals surface area contributed by atoms with Crippen LogP contribution in [0.4, 0.5) is 13.6 Å². The van der Waals surface area contributed by atoms with Crippen molar-refractivity contribution in [2.75, 3.05) is 13.1 Å². The minimum Gasteiger partial charge on any atom is -0.441 e. The van der Waals surface area contributed by atoms with Gasteiger partial charge in [0.1, 0.15) is 22.1 Å². The molecule has 1 saturated carbocycles. The van der Waals surface area contributed by atoms with Crippen molar-refractivity contribution in [1.82, 2.24) is 9.21 Å². The maximum absolute atomic E-state index is 15.0. The maximum atomic E-state index is 15.0. The van der Waals surface area contributed by atoms with Crippen LogP contribution in [0.15, 0.2) is 47.4 Å². The van der Waals surface area contributed by atoms with Gasteiger partial charge in [0.15, 0.2) is 0 Å². The minimum absolute atomic E-state index is 0.0598. The summed E-state index contributed by atoms with van der Waals surface area (Å²) in [6, 6.07) is 7.56. The van der Waals surface area contributed by atoms with Crippen molar-refractivity contribution in [2.45, 2.75) is 73.6 Å². The Morgan fingerprint density at radius 3 is 2.54 bits per heavy atom. The number of hydrogen-bond acceptors (Lipinski definition) is 5. The third-order valence-electron chi connectivity index (χ3n) is 7.55. The number of nitrogens with zero attached hydrogens (tertiary/aromatic N) is 2. The van der Waals surface area contributed by atoms with Crippen LogP contribution in [0.25, 0.3) is 0 Å². The van der Waals surface area contributed by atoms with E-state index in [0.29, 0.717) is 57.1 Å². The van der Waals surface area contributed by atoms with Crippen LogP contribution in [-0.4, -0.2) is 59.7 Å².